The maximum absolute atomic E-state index is 13.7. The van der Waals surface area contributed by atoms with Crippen LogP contribution in [0, 0.1) is 5.82 Å². The van der Waals surface area contributed by atoms with E-state index in [1.165, 1.54) is 12.3 Å². The van der Waals surface area contributed by atoms with Crippen LogP contribution in [0.5, 0.6) is 0 Å². The second-order valence-electron chi connectivity index (χ2n) is 3.54. The molecule has 1 saturated heterocycles. The zero-order valence-corrected chi connectivity index (χ0v) is 10.3. The summed E-state index contributed by atoms with van der Waals surface area (Å²) < 4.78 is 13.7. The SMILES string of the molecule is O=C1CCN(c2ncc(CBr)cc2F)C(=O)N1. The normalized spacial score (nSPS) is 16.0. The number of rotatable bonds is 2. The van der Waals surface area contributed by atoms with E-state index in [-0.39, 0.29) is 24.7 Å². The minimum absolute atomic E-state index is 0.0558. The molecule has 0 spiro atoms. The van der Waals surface area contributed by atoms with Crippen molar-refractivity contribution >= 4 is 33.7 Å². The van der Waals surface area contributed by atoms with Gasteiger partial charge in [0.1, 0.15) is 0 Å². The van der Waals surface area contributed by atoms with Gasteiger partial charge in [-0.25, -0.2) is 14.2 Å². The Morgan fingerprint density at radius 1 is 1.53 bits per heavy atom. The third-order valence-corrected chi connectivity index (χ3v) is 2.99. The number of hydrogen-bond donors (Lipinski definition) is 1. The van der Waals surface area contributed by atoms with E-state index in [1.54, 1.807) is 0 Å². The summed E-state index contributed by atoms with van der Waals surface area (Å²) >= 11 is 3.19. The van der Waals surface area contributed by atoms with Crippen LogP contribution in [0.2, 0.25) is 0 Å². The number of alkyl halides is 1. The van der Waals surface area contributed by atoms with Crippen LogP contribution in [-0.2, 0) is 10.1 Å². The third-order valence-electron chi connectivity index (χ3n) is 2.34. The number of aromatic nitrogens is 1. The number of halogens is 2. The number of nitrogens with zero attached hydrogens (tertiary/aromatic N) is 2. The largest absolute Gasteiger partial charge is 0.329 e. The van der Waals surface area contributed by atoms with E-state index in [1.807, 2.05) is 0 Å². The Morgan fingerprint density at radius 2 is 2.29 bits per heavy atom. The second kappa shape index (κ2) is 4.79. The molecule has 1 aliphatic rings. The lowest BCUT2D eigenvalue weighted by atomic mass is 10.2. The van der Waals surface area contributed by atoms with Gasteiger partial charge in [0.15, 0.2) is 11.6 Å². The zero-order valence-electron chi connectivity index (χ0n) is 8.74. The molecule has 1 aliphatic heterocycles. The van der Waals surface area contributed by atoms with Crippen molar-refractivity contribution in [1.29, 1.82) is 0 Å². The second-order valence-corrected chi connectivity index (χ2v) is 4.10. The van der Waals surface area contributed by atoms with Gasteiger partial charge in [-0.15, -0.1) is 0 Å². The first-order chi connectivity index (χ1) is 8.11. The van der Waals surface area contributed by atoms with Gasteiger partial charge in [-0.05, 0) is 11.6 Å². The monoisotopic (exact) mass is 301 g/mol. The molecule has 5 nitrogen and oxygen atoms in total. The van der Waals surface area contributed by atoms with E-state index in [9.17, 15) is 14.0 Å². The Kier molecular flexibility index (Phi) is 3.37. The van der Waals surface area contributed by atoms with Gasteiger partial charge in [-0.1, -0.05) is 15.9 Å². The van der Waals surface area contributed by atoms with E-state index >= 15 is 0 Å². The molecule has 0 aliphatic carbocycles. The standard InChI is InChI=1S/C10H9BrFN3O2/c11-4-6-3-7(12)9(13-5-6)15-2-1-8(16)14-10(15)17/h3,5H,1-2,4H2,(H,14,16,17). The predicted molar refractivity (Wildman–Crippen MR) is 62.3 cm³/mol. The molecule has 0 atom stereocenters. The maximum Gasteiger partial charge on any atom is 0.329 e. The lowest BCUT2D eigenvalue weighted by molar-refractivity contribution is -0.120. The molecule has 3 amide bonds. The Bertz CT molecular complexity index is 481. The smallest absolute Gasteiger partial charge is 0.278 e. The Labute approximate surface area is 105 Å². The van der Waals surface area contributed by atoms with Crippen LogP contribution in [0.25, 0.3) is 0 Å². The fourth-order valence-corrected chi connectivity index (χ4v) is 1.81. The van der Waals surface area contributed by atoms with Gasteiger partial charge < -0.3 is 0 Å². The zero-order chi connectivity index (χ0) is 12.4. The first-order valence-corrected chi connectivity index (χ1v) is 6.05. The van der Waals surface area contributed by atoms with E-state index < -0.39 is 11.8 Å². The summed E-state index contributed by atoms with van der Waals surface area (Å²) in [5.74, 6) is -0.991. The molecule has 2 heterocycles. The lowest BCUT2D eigenvalue weighted by Gasteiger charge is -2.25. The number of carbonyl (C=O) groups is 2. The molecule has 7 heteroatoms. The molecular formula is C10H9BrFN3O2. The highest BCUT2D eigenvalue weighted by molar-refractivity contribution is 9.08. The average Bonchev–Trinajstić information content (AvgIpc) is 2.30. The lowest BCUT2D eigenvalue weighted by Crippen LogP contribution is -2.50. The molecule has 0 unspecified atom stereocenters. The van der Waals surface area contributed by atoms with Crippen molar-refractivity contribution in [3.63, 3.8) is 0 Å². The highest BCUT2D eigenvalue weighted by atomic mass is 79.9. The van der Waals surface area contributed by atoms with Crippen molar-refractivity contribution in [3.8, 4) is 0 Å². The molecule has 1 aromatic rings. The topological polar surface area (TPSA) is 62.3 Å². The fraction of sp³-hybridized carbons (Fsp3) is 0.300. The van der Waals surface area contributed by atoms with Crippen molar-refractivity contribution in [2.24, 2.45) is 0 Å². The Balaban J connectivity index is 2.28. The summed E-state index contributed by atoms with van der Waals surface area (Å²) in [5, 5.41) is 2.60. The molecule has 0 aromatic carbocycles. The van der Waals surface area contributed by atoms with Crippen molar-refractivity contribution in [1.82, 2.24) is 10.3 Å². The van der Waals surface area contributed by atoms with Gasteiger partial charge in [-0.3, -0.25) is 15.0 Å². The molecule has 0 bridgehead atoms. The van der Waals surface area contributed by atoms with E-state index in [2.05, 4.69) is 26.2 Å². The van der Waals surface area contributed by atoms with Gasteiger partial charge >= 0.3 is 6.03 Å². The number of nitrogens with one attached hydrogen (secondary N) is 1. The average molecular weight is 302 g/mol. The summed E-state index contributed by atoms with van der Waals surface area (Å²) in [7, 11) is 0. The Hall–Kier alpha value is -1.50. The van der Waals surface area contributed by atoms with Crippen LogP contribution in [0.15, 0.2) is 12.3 Å². The quantitative estimate of drug-likeness (QED) is 0.843. The first-order valence-electron chi connectivity index (χ1n) is 4.93. The van der Waals surface area contributed by atoms with E-state index in [4.69, 9.17) is 0 Å². The van der Waals surface area contributed by atoms with E-state index in [0.717, 1.165) is 4.90 Å². The molecular weight excluding hydrogens is 293 g/mol. The number of amides is 3. The maximum atomic E-state index is 13.7. The van der Waals surface area contributed by atoms with Gasteiger partial charge in [0.25, 0.3) is 0 Å². The molecule has 2 rings (SSSR count). The highest BCUT2D eigenvalue weighted by Crippen LogP contribution is 2.20. The fourth-order valence-electron chi connectivity index (χ4n) is 1.51. The van der Waals surface area contributed by atoms with Crippen LogP contribution >= 0.6 is 15.9 Å². The molecule has 1 fully saturated rings. The summed E-state index contributed by atoms with van der Waals surface area (Å²) in [6.45, 7) is 0.141. The van der Waals surface area contributed by atoms with Crippen molar-refractivity contribution in [3.05, 3.63) is 23.6 Å². The molecule has 17 heavy (non-hydrogen) atoms. The summed E-state index contributed by atoms with van der Waals surface area (Å²) in [6.07, 6.45) is 1.63. The Morgan fingerprint density at radius 3 is 2.88 bits per heavy atom. The predicted octanol–water partition coefficient (Wildman–Crippen LogP) is 1.56. The summed E-state index contributed by atoms with van der Waals surface area (Å²) in [5.41, 5.74) is 0.680. The van der Waals surface area contributed by atoms with Crippen molar-refractivity contribution in [2.45, 2.75) is 11.8 Å². The molecule has 0 saturated carbocycles. The summed E-state index contributed by atoms with van der Waals surface area (Å²) in [6, 6.07) is 0.667. The number of imide groups is 1. The number of hydrogen-bond acceptors (Lipinski definition) is 3. The van der Waals surface area contributed by atoms with Gasteiger partial charge in [0, 0.05) is 24.5 Å². The van der Waals surface area contributed by atoms with Crippen LogP contribution in [0.1, 0.15) is 12.0 Å². The number of pyridine rings is 1. The van der Waals surface area contributed by atoms with Gasteiger partial charge in [0.05, 0.1) is 0 Å². The van der Waals surface area contributed by atoms with Crippen LogP contribution in [-0.4, -0.2) is 23.5 Å². The molecule has 0 radical (unpaired) electrons. The van der Waals surface area contributed by atoms with Crippen molar-refractivity contribution < 1.29 is 14.0 Å². The van der Waals surface area contributed by atoms with Crippen molar-refractivity contribution in [2.75, 3.05) is 11.4 Å². The minimum atomic E-state index is -0.640. The number of urea groups is 1. The number of carbonyl (C=O) groups excluding carboxylic acids is 2. The number of anilines is 1. The van der Waals surface area contributed by atoms with Crippen LogP contribution < -0.4 is 10.2 Å². The highest BCUT2D eigenvalue weighted by Gasteiger charge is 2.27. The first kappa shape index (κ1) is 12.0. The van der Waals surface area contributed by atoms with Gasteiger partial charge in [0.2, 0.25) is 5.91 Å². The minimum Gasteiger partial charge on any atom is -0.278 e. The molecule has 1 N–H and O–H groups in total. The van der Waals surface area contributed by atoms with E-state index in [0.29, 0.717) is 10.9 Å². The van der Waals surface area contributed by atoms with Crippen LogP contribution in [0.4, 0.5) is 15.0 Å². The van der Waals surface area contributed by atoms with Gasteiger partial charge in [-0.2, -0.15) is 0 Å². The molecule has 1 aromatic heterocycles. The molecule has 90 valence electrons. The summed E-state index contributed by atoms with van der Waals surface area (Å²) in [4.78, 5) is 27.5. The third kappa shape index (κ3) is 2.44. The van der Waals surface area contributed by atoms with Crippen LogP contribution in [0.3, 0.4) is 0 Å².